The topological polar surface area (TPSA) is 49.9 Å². The molecular weight excluding hydrogens is 432 g/mol. The minimum atomic E-state index is -0.133. The molecule has 2 amide bonds. The van der Waals surface area contributed by atoms with E-state index >= 15 is 0 Å². The highest BCUT2D eigenvalue weighted by atomic mass is 32.1. The van der Waals surface area contributed by atoms with E-state index in [0.717, 1.165) is 16.0 Å². The summed E-state index contributed by atoms with van der Waals surface area (Å²) in [5.41, 5.74) is 3.93. The number of nitrogens with zero attached hydrogens (tertiary/aromatic N) is 2. The number of thiophene rings is 1. The molecule has 0 aliphatic rings. The van der Waals surface area contributed by atoms with Crippen LogP contribution in [0.25, 0.3) is 0 Å². The van der Waals surface area contributed by atoms with Crippen molar-refractivity contribution < 1.29 is 14.3 Å². The summed E-state index contributed by atoms with van der Waals surface area (Å²) in [5.74, 6) is -0.198. The van der Waals surface area contributed by atoms with Crippen molar-refractivity contribution in [3.63, 3.8) is 0 Å². The third kappa shape index (κ3) is 7.27. The van der Waals surface area contributed by atoms with Crippen molar-refractivity contribution in [2.24, 2.45) is 0 Å². The van der Waals surface area contributed by atoms with Crippen LogP contribution >= 0.6 is 11.3 Å². The Hall–Kier alpha value is -2.96. The summed E-state index contributed by atoms with van der Waals surface area (Å²) in [6, 6.07) is 19.5. The maximum atomic E-state index is 13.5. The van der Waals surface area contributed by atoms with Crippen molar-refractivity contribution in [2.45, 2.75) is 33.4 Å². The monoisotopic (exact) mass is 464 g/mol. The Labute approximate surface area is 200 Å². The number of benzene rings is 2. The number of ether oxygens (including phenoxy) is 1. The average Bonchev–Trinajstić information content (AvgIpc) is 3.23. The molecule has 5 nitrogen and oxygen atoms in total. The first-order valence-corrected chi connectivity index (χ1v) is 12.1. The number of carbonyl (C=O) groups is 2. The van der Waals surface area contributed by atoms with Gasteiger partial charge in [-0.05, 0) is 55.0 Å². The number of aryl methyl sites for hydroxylation is 2. The second kappa shape index (κ2) is 12.3. The molecule has 2 aromatic carbocycles. The second-order valence-corrected chi connectivity index (χ2v) is 9.20. The van der Waals surface area contributed by atoms with Crippen LogP contribution in [0.1, 0.15) is 38.3 Å². The predicted molar refractivity (Wildman–Crippen MR) is 133 cm³/mol. The van der Waals surface area contributed by atoms with Crippen molar-refractivity contribution >= 4 is 23.2 Å². The fourth-order valence-corrected chi connectivity index (χ4v) is 4.49. The Morgan fingerprint density at radius 1 is 0.909 bits per heavy atom. The lowest BCUT2D eigenvalue weighted by Crippen LogP contribution is -2.43. The zero-order valence-electron chi connectivity index (χ0n) is 19.6. The molecule has 0 N–H and O–H groups in total. The smallest absolute Gasteiger partial charge is 0.254 e. The van der Waals surface area contributed by atoms with Gasteiger partial charge in [0.05, 0.1) is 6.54 Å². The normalized spacial score (nSPS) is 10.8. The van der Waals surface area contributed by atoms with E-state index in [2.05, 4.69) is 13.0 Å². The quantitative estimate of drug-likeness (QED) is 0.372. The number of rotatable bonds is 11. The summed E-state index contributed by atoms with van der Waals surface area (Å²) in [6.07, 6.45) is 0.671. The molecule has 0 bridgehead atoms. The maximum Gasteiger partial charge on any atom is 0.254 e. The Balaban J connectivity index is 1.80. The van der Waals surface area contributed by atoms with Gasteiger partial charge in [0.1, 0.15) is 6.54 Å². The number of amides is 2. The largest absolute Gasteiger partial charge is 0.385 e. The Bertz CT molecular complexity index is 1030. The molecule has 0 spiro atoms. The zero-order chi connectivity index (χ0) is 23.6. The van der Waals surface area contributed by atoms with Gasteiger partial charge in [-0.2, -0.15) is 0 Å². The van der Waals surface area contributed by atoms with Crippen molar-refractivity contribution in [3.05, 3.63) is 93.2 Å². The summed E-state index contributed by atoms with van der Waals surface area (Å²) in [6.45, 7) is 6.12. The molecule has 0 atom stereocenters. The SMILES string of the molecule is COCCCN(CC(=O)N(Cc1ccccc1)Cc1sccc1C)C(=O)c1ccc(C)cc1. The minimum absolute atomic E-state index is 0.0354. The van der Waals surface area contributed by atoms with E-state index in [1.165, 1.54) is 5.56 Å². The number of hydrogen-bond donors (Lipinski definition) is 0. The third-order valence-corrected chi connectivity index (χ3v) is 6.57. The zero-order valence-corrected chi connectivity index (χ0v) is 20.4. The van der Waals surface area contributed by atoms with Crippen LogP contribution in [-0.4, -0.2) is 48.4 Å². The van der Waals surface area contributed by atoms with Gasteiger partial charge in [0.25, 0.3) is 5.91 Å². The van der Waals surface area contributed by atoms with Gasteiger partial charge in [-0.1, -0.05) is 48.0 Å². The summed E-state index contributed by atoms with van der Waals surface area (Å²) in [7, 11) is 1.64. The first-order valence-electron chi connectivity index (χ1n) is 11.2. The van der Waals surface area contributed by atoms with Crippen LogP contribution < -0.4 is 0 Å². The van der Waals surface area contributed by atoms with Crippen molar-refractivity contribution in [1.29, 1.82) is 0 Å². The molecule has 0 saturated carbocycles. The van der Waals surface area contributed by atoms with Gasteiger partial charge in [-0.25, -0.2) is 0 Å². The highest BCUT2D eigenvalue weighted by Crippen LogP contribution is 2.20. The molecule has 1 aromatic heterocycles. The predicted octanol–water partition coefficient (Wildman–Crippen LogP) is 5.07. The Morgan fingerprint density at radius 2 is 1.64 bits per heavy atom. The van der Waals surface area contributed by atoms with Gasteiger partial charge in [0.2, 0.25) is 5.91 Å². The first kappa shape index (κ1) is 24.7. The number of methoxy groups -OCH3 is 1. The summed E-state index contributed by atoms with van der Waals surface area (Å²) >= 11 is 1.66. The van der Waals surface area contributed by atoms with Crippen LogP contribution in [0.2, 0.25) is 0 Å². The molecule has 33 heavy (non-hydrogen) atoms. The van der Waals surface area contributed by atoms with Gasteiger partial charge in [0.15, 0.2) is 0 Å². The van der Waals surface area contributed by atoms with Gasteiger partial charge in [-0.3, -0.25) is 9.59 Å². The van der Waals surface area contributed by atoms with Gasteiger partial charge < -0.3 is 14.5 Å². The average molecular weight is 465 g/mol. The maximum absolute atomic E-state index is 13.5. The van der Waals surface area contributed by atoms with Crippen molar-refractivity contribution in [2.75, 3.05) is 26.8 Å². The highest BCUT2D eigenvalue weighted by Gasteiger charge is 2.23. The van der Waals surface area contributed by atoms with Crippen LogP contribution in [-0.2, 0) is 22.6 Å². The molecule has 1 heterocycles. The van der Waals surface area contributed by atoms with Gasteiger partial charge >= 0.3 is 0 Å². The molecule has 0 fully saturated rings. The lowest BCUT2D eigenvalue weighted by molar-refractivity contribution is -0.133. The van der Waals surface area contributed by atoms with Gasteiger partial charge in [-0.15, -0.1) is 11.3 Å². The molecule has 3 aromatic rings. The van der Waals surface area contributed by atoms with E-state index in [-0.39, 0.29) is 18.4 Å². The number of hydrogen-bond acceptors (Lipinski definition) is 4. The van der Waals surface area contributed by atoms with E-state index in [9.17, 15) is 9.59 Å². The molecular formula is C27H32N2O3S. The van der Waals surface area contributed by atoms with Crippen LogP contribution in [0, 0.1) is 13.8 Å². The second-order valence-electron chi connectivity index (χ2n) is 8.20. The summed E-state index contributed by atoms with van der Waals surface area (Å²) in [5, 5.41) is 2.05. The van der Waals surface area contributed by atoms with Crippen molar-refractivity contribution in [1.82, 2.24) is 9.80 Å². The van der Waals surface area contributed by atoms with E-state index < -0.39 is 0 Å². The Morgan fingerprint density at radius 3 is 2.27 bits per heavy atom. The van der Waals surface area contributed by atoms with E-state index in [1.54, 1.807) is 23.3 Å². The van der Waals surface area contributed by atoms with Crippen LogP contribution in [0.5, 0.6) is 0 Å². The molecule has 0 aliphatic heterocycles. The molecule has 0 saturated heterocycles. The fourth-order valence-electron chi connectivity index (χ4n) is 3.57. The Kier molecular flexibility index (Phi) is 9.22. The van der Waals surface area contributed by atoms with Crippen LogP contribution in [0.15, 0.2) is 66.0 Å². The first-order chi connectivity index (χ1) is 16.0. The summed E-state index contributed by atoms with van der Waals surface area (Å²) < 4.78 is 5.18. The molecule has 3 rings (SSSR count). The number of carbonyl (C=O) groups excluding carboxylic acids is 2. The van der Waals surface area contributed by atoms with E-state index in [0.29, 0.717) is 38.2 Å². The standard InChI is InChI=1S/C27H32N2O3S/c1-21-10-12-24(13-11-21)27(31)28(15-7-16-32-3)20-26(30)29(18-23-8-5-4-6-9-23)19-25-22(2)14-17-33-25/h4-6,8-14,17H,7,15-16,18-20H2,1-3H3. The third-order valence-electron chi connectivity index (χ3n) is 5.56. The molecule has 6 heteroatoms. The molecule has 174 valence electrons. The van der Waals surface area contributed by atoms with E-state index in [4.69, 9.17) is 4.74 Å². The lowest BCUT2D eigenvalue weighted by atomic mass is 10.1. The van der Waals surface area contributed by atoms with Crippen LogP contribution in [0.4, 0.5) is 0 Å². The lowest BCUT2D eigenvalue weighted by Gasteiger charge is -2.28. The van der Waals surface area contributed by atoms with E-state index in [1.807, 2.05) is 71.8 Å². The molecule has 0 radical (unpaired) electrons. The summed E-state index contributed by atoms with van der Waals surface area (Å²) in [4.78, 5) is 31.4. The minimum Gasteiger partial charge on any atom is -0.385 e. The van der Waals surface area contributed by atoms with Crippen LogP contribution in [0.3, 0.4) is 0 Å². The van der Waals surface area contributed by atoms with Gasteiger partial charge in [0, 0.05) is 37.2 Å². The highest BCUT2D eigenvalue weighted by molar-refractivity contribution is 7.10. The van der Waals surface area contributed by atoms with Crippen molar-refractivity contribution in [3.8, 4) is 0 Å². The fraction of sp³-hybridized carbons (Fsp3) is 0.333. The molecule has 0 aliphatic carbocycles. The molecule has 0 unspecified atom stereocenters.